The van der Waals surface area contributed by atoms with Crippen molar-refractivity contribution >= 4 is 29.4 Å². The Balaban J connectivity index is 3.99. The third-order valence-electron chi connectivity index (χ3n) is 8.57. The lowest BCUT2D eigenvalue weighted by Gasteiger charge is -2.23. The lowest BCUT2D eigenvalue weighted by molar-refractivity contribution is -0.140. The highest BCUT2D eigenvalue weighted by atomic mass is 32.2. The van der Waals surface area contributed by atoms with Crippen LogP contribution in [-0.2, 0) is 19.1 Å². The van der Waals surface area contributed by atoms with Crippen molar-refractivity contribution in [3.05, 3.63) is 24.3 Å². The molecule has 0 bridgehead atoms. The number of hydrogen-bond donors (Lipinski definition) is 0. The number of Topliss-reactive ketones (excluding diaryl/α,β-unsaturated/α-hetero) is 1. The van der Waals surface area contributed by atoms with Gasteiger partial charge in [-0.3, -0.25) is 9.59 Å². The van der Waals surface area contributed by atoms with Gasteiger partial charge in [0.2, 0.25) is 5.91 Å². The topological polar surface area (TPSA) is 66.9 Å². The summed E-state index contributed by atoms with van der Waals surface area (Å²) in [5.41, 5.74) is 0. The lowest BCUT2D eigenvalue weighted by atomic mass is 10.1. The van der Waals surface area contributed by atoms with E-state index in [1.165, 1.54) is 84.2 Å². The summed E-state index contributed by atoms with van der Waals surface area (Å²) in [5, 5.41) is 0. The first kappa shape index (κ1) is 45.4. The minimum atomic E-state index is -0.102. The zero-order valence-electron chi connectivity index (χ0n) is 31.3. The highest BCUT2D eigenvalue weighted by Gasteiger charge is 2.13. The molecule has 0 heterocycles. The van der Waals surface area contributed by atoms with Gasteiger partial charge in [-0.1, -0.05) is 88.5 Å². The number of hydrogen-bond acceptors (Lipinski definition) is 6. The molecular weight excluding hydrogens is 605 g/mol. The summed E-state index contributed by atoms with van der Waals surface area (Å²) < 4.78 is 4.68. The molecular formula is C40H74N2O4S. The molecule has 0 aromatic carbocycles. The van der Waals surface area contributed by atoms with Gasteiger partial charge in [-0.2, -0.15) is 11.8 Å². The Hall–Kier alpha value is -1.60. The zero-order chi connectivity index (χ0) is 34.6. The molecule has 274 valence electrons. The minimum Gasteiger partial charge on any atom is -0.469 e. The Kier molecular flexibility index (Phi) is 34.5. The Morgan fingerprint density at radius 3 is 1.38 bits per heavy atom. The van der Waals surface area contributed by atoms with Crippen LogP contribution in [0.4, 0.5) is 0 Å². The van der Waals surface area contributed by atoms with E-state index in [1.54, 1.807) is 18.7 Å². The van der Waals surface area contributed by atoms with Gasteiger partial charge in [0.1, 0.15) is 5.78 Å². The number of unbranched alkanes of at least 4 members (excludes halogenated alkanes) is 18. The predicted octanol–water partition coefficient (Wildman–Crippen LogP) is 10.3. The van der Waals surface area contributed by atoms with E-state index < -0.39 is 0 Å². The van der Waals surface area contributed by atoms with Gasteiger partial charge < -0.3 is 19.3 Å². The SMILES string of the molecule is COC(=O)CCCCC/C=C\CCCCCCCCN(CCCCCCCC/C=C\CCCCCC(C)=O)C(=O)CSCCN(C)C. The summed E-state index contributed by atoms with van der Waals surface area (Å²) in [7, 11) is 5.63. The quantitative estimate of drug-likeness (QED) is 0.0378. The first-order valence-electron chi connectivity index (χ1n) is 19.2. The fourth-order valence-corrected chi connectivity index (χ4v) is 6.49. The minimum absolute atomic E-state index is 0.102. The number of ketones is 1. The van der Waals surface area contributed by atoms with E-state index >= 15 is 0 Å². The third-order valence-corrected chi connectivity index (χ3v) is 9.49. The molecule has 0 unspecified atom stereocenters. The summed E-state index contributed by atoms with van der Waals surface area (Å²) in [6.07, 6.45) is 36.6. The van der Waals surface area contributed by atoms with E-state index in [0.717, 1.165) is 96.0 Å². The van der Waals surface area contributed by atoms with Gasteiger partial charge in [0.05, 0.1) is 12.9 Å². The average Bonchev–Trinajstić information content (AvgIpc) is 3.05. The van der Waals surface area contributed by atoms with Crippen LogP contribution >= 0.6 is 11.8 Å². The summed E-state index contributed by atoms with van der Waals surface area (Å²) >= 11 is 1.77. The van der Waals surface area contributed by atoms with Crippen LogP contribution in [0.1, 0.15) is 161 Å². The van der Waals surface area contributed by atoms with E-state index in [0.29, 0.717) is 23.9 Å². The molecule has 0 radical (unpaired) electrons. The van der Waals surface area contributed by atoms with Gasteiger partial charge in [0.25, 0.3) is 0 Å². The van der Waals surface area contributed by atoms with E-state index in [9.17, 15) is 14.4 Å². The molecule has 6 nitrogen and oxygen atoms in total. The van der Waals surface area contributed by atoms with Crippen LogP contribution in [0.5, 0.6) is 0 Å². The molecule has 0 spiro atoms. The number of thioether (sulfide) groups is 1. The standard InChI is InChI=1S/C40H74N2O4S/c1-38(43)31-27-23-19-15-11-7-5-9-13-17-21-25-29-33-42(39(44)37-47-36-35-41(2)3)34-30-26-22-18-14-10-6-8-12-16-20-24-28-32-40(45)46-4/h7-8,11-12H,5-6,9-10,13-37H2,1-4H3/b11-7-,12-8-. The summed E-state index contributed by atoms with van der Waals surface area (Å²) in [6.45, 7) is 4.53. The second-order valence-corrected chi connectivity index (χ2v) is 14.6. The molecule has 0 aromatic heterocycles. The Labute approximate surface area is 295 Å². The van der Waals surface area contributed by atoms with Gasteiger partial charge in [0.15, 0.2) is 0 Å². The molecule has 0 saturated heterocycles. The van der Waals surface area contributed by atoms with Gasteiger partial charge in [-0.15, -0.1) is 0 Å². The van der Waals surface area contributed by atoms with Crippen LogP contribution in [0.2, 0.25) is 0 Å². The highest BCUT2D eigenvalue weighted by Crippen LogP contribution is 2.13. The molecule has 0 saturated carbocycles. The fourth-order valence-electron chi connectivity index (χ4n) is 5.50. The third kappa shape index (κ3) is 35.5. The number of amides is 1. The maximum atomic E-state index is 13.0. The summed E-state index contributed by atoms with van der Waals surface area (Å²) in [6, 6.07) is 0. The van der Waals surface area contributed by atoms with Crippen molar-refractivity contribution in [1.82, 2.24) is 9.80 Å². The van der Waals surface area contributed by atoms with E-state index in [1.807, 2.05) is 0 Å². The smallest absolute Gasteiger partial charge is 0.305 e. The van der Waals surface area contributed by atoms with Gasteiger partial charge >= 0.3 is 5.97 Å². The summed E-state index contributed by atoms with van der Waals surface area (Å²) in [4.78, 5) is 39.5. The number of ether oxygens (including phenoxy) is 1. The van der Waals surface area contributed by atoms with Crippen molar-refractivity contribution in [3.63, 3.8) is 0 Å². The Morgan fingerprint density at radius 1 is 0.553 bits per heavy atom. The number of allylic oxidation sites excluding steroid dienone is 4. The van der Waals surface area contributed by atoms with Crippen LogP contribution in [0, 0.1) is 0 Å². The normalized spacial score (nSPS) is 11.7. The van der Waals surface area contributed by atoms with Crippen molar-refractivity contribution in [3.8, 4) is 0 Å². The Morgan fingerprint density at radius 2 is 0.957 bits per heavy atom. The second kappa shape index (κ2) is 35.7. The lowest BCUT2D eigenvalue weighted by Crippen LogP contribution is -2.34. The predicted molar refractivity (Wildman–Crippen MR) is 204 cm³/mol. The number of esters is 1. The first-order chi connectivity index (χ1) is 22.9. The molecule has 0 aromatic rings. The van der Waals surface area contributed by atoms with Crippen LogP contribution in [-0.4, -0.2) is 79.8 Å². The first-order valence-corrected chi connectivity index (χ1v) is 20.4. The molecule has 0 aliphatic rings. The number of nitrogens with zero attached hydrogens (tertiary/aromatic N) is 2. The highest BCUT2D eigenvalue weighted by molar-refractivity contribution is 7.99. The molecule has 0 fully saturated rings. The molecule has 0 rings (SSSR count). The Bertz CT molecular complexity index is 799. The van der Waals surface area contributed by atoms with Gasteiger partial charge in [-0.05, 0) is 98.1 Å². The fraction of sp³-hybridized carbons (Fsp3) is 0.825. The summed E-state index contributed by atoms with van der Waals surface area (Å²) in [5.74, 6) is 2.16. The zero-order valence-corrected chi connectivity index (χ0v) is 32.1. The van der Waals surface area contributed by atoms with Crippen LogP contribution in [0.3, 0.4) is 0 Å². The maximum Gasteiger partial charge on any atom is 0.305 e. The molecule has 7 heteroatoms. The number of carbonyl (C=O) groups is 3. The average molecular weight is 679 g/mol. The molecule has 0 aliphatic carbocycles. The van der Waals surface area contributed by atoms with Crippen LogP contribution in [0.25, 0.3) is 0 Å². The van der Waals surface area contributed by atoms with Crippen LogP contribution in [0.15, 0.2) is 24.3 Å². The van der Waals surface area contributed by atoms with E-state index in [2.05, 4.69) is 52.9 Å². The van der Waals surface area contributed by atoms with E-state index in [4.69, 9.17) is 0 Å². The van der Waals surface area contributed by atoms with Crippen LogP contribution < -0.4 is 0 Å². The number of methoxy groups -OCH3 is 1. The molecule has 47 heavy (non-hydrogen) atoms. The molecule has 0 aliphatic heterocycles. The van der Waals surface area contributed by atoms with Crippen molar-refractivity contribution in [2.45, 2.75) is 161 Å². The second-order valence-electron chi connectivity index (χ2n) is 13.5. The van der Waals surface area contributed by atoms with E-state index in [-0.39, 0.29) is 5.97 Å². The van der Waals surface area contributed by atoms with Crippen molar-refractivity contribution in [1.29, 1.82) is 0 Å². The largest absolute Gasteiger partial charge is 0.469 e. The molecule has 0 atom stereocenters. The van der Waals surface area contributed by atoms with Gasteiger partial charge in [0, 0.05) is 38.2 Å². The molecule has 1 amide bonds. The maximum absolute atomic E-state index is 13.0. The van der Waals surface area contributed by atoms with Crippen molar-refractivity contribution in [2.75, 3.05) is 52.3 Å². The number of rotatable bonds is 35. The molecule has 0 N–H and O–H groups in total. The van der Waals surface area contributed by atoms with Crippen molar-refractivity contribution < 1.29 is 19.1 Å². The van der Waals surface area contributed by atoms with Gasteiger partial charge in [-0.25, -0.2) is 0 Å². The monoisotopic (exact) mass is 679 g/mol. The van der Waals surface area contributed by atoms with Crippen molar-refractivity contribution in [2.24, 2.45) is 0 Å². The number of carbonyl (C=O) groups excluding carboxylic acids is 3.